The Kier molecular flexibility index (Phi) is 3.86. The summed E-state index contributed by atoms with van der Waals surface area (Å²) < 4.78 is 14.9. The Balaban J connectivity index is 1.83. The molecule has 0 aliphatic rings. The van der Waals surface area contributed by atoms with Gasteiger partial charge in [-0.3, -0.25) is 4.98 Å². The molecule has 1 N–H and O–H groups in total. The molecular formula is C19H14ClFN4. The van der Waals surface area contributed by atoms with Crippen LogP contribution in [0.3, 0.4) is 0 Å². The number of nitrogens with one attached hydrogen (secondary N) is 1. The molecule has 4 aromatic rings. The standard InChI is InChI=1S/C19H14ClFN4/c1-12-10-19(23-15-5-3-14(21)4-6-15)25(24-12)18-8-9-22-17-11-13(20)2-7-16(17)18/h2-11,23H,1H3. The highest BCUT2D eigenvalue weighted by Crippen LogP contribution is 2.27. The molecule has 0 aliphatic carbocycles. The zero-order valence-electron chi connectivity index (χ0n) is 13.4. The highest BCUT2D eigenvalue weighted by molar-refractivity contribution is 6.31. The quantitative estimate of drug-likeness (QED) is 0.546. The Morgan fingerprint density at radius 1 is 1.04 bits per heavy atom. The zero-order chi connectivity index (χ0) is 17.4. The van der Waals surface area contributed by atoms with Crippen molar-refractivity contribution in [3.63, 3.8) is 0 Å². The minimum atomic E-state index is -0.271. The van der Waals surface area contributed by atoms with Crippen molar-refractivity contribution < 1.29 is 4.39 Å². The summed E-state index contributed by atoms with van der Waals surface area (Å²) >= 11 is 6.07. The van der Waals surface area contributed by atoms with E-state index in [1.807, 2.05) is 41.9 Å². The molecule has 25 heavy (non-hydrogen) atoms. The van der Waals surface area contributed by atoms with Crippen molar-refractivity contribution in [3.05, 3.63) is 77.3 Å². The third kappa shape index (κ3) is 3.06. The molecule has 0 amide bonds. The molecule has 2 aromatic carbocycles. The first-order valence-corrected chi connectivity index (χ1v) is 8.12. The molecule has 0 radical (unpaired) electrons. The maximum atomic E-state index is 13.1. The Morgan fingerprint density at radius 2 is 1.84 bits per heavy atom. The average Bonchev–Trinajstić information content (AvgIpc) is 2.96. The first-order valence-electron chi connectivity index (χ1n) is 7.74. The number of pyridine rings is 1. The molecule has 2 aromatic heterocycles. The minimum absolute atomic E-state index is 0.271. The number of hydrogen-bond donors (Lipinski definition) is 1. The SMILES string of the molecule is Cc1cc(Nc2ccc(F)cc2)n(-c2ccnc3cc(Cl)ccc23)n1. The summed E-state index contributed by atoms with van der Waals surface area (Å²) in [5.74, 6) is 0.513. The van der Waals surface area contributed by atoms with Crippen LogP contribution in [0.15, 0.2) is 60.8 Å². The highest BCUT2D eigenvalue weighted by Gasteiger charge is 2.12. The Hall–Kier alpha value is -2.92. The number of anilines is 2. The van der Waals surface area contributed by atoms with Gasteiger partial charge in [-0.1, -0.05) is 11.6 Å². The van der Waals surface area contributed by atoms with Gasteiger partial charge in [0, 0.05) is 28.4 Å². The van der Waals surface area contributed by atoms with Gasteiger partial charge in [0.05, 0.1) is 16.9 Å². The number of fused-ring (bicyclic) bond motifs is 1. The summed E-state index contributed by atoms with van der Waals surface area (Å²) in [4.78, 5) is 4.37. The molecule has 0 saturated carbocycles. The number of hydrogen-bond acceptors (Lipinski definition) is 3. The normalized spacial score (nSPS) is 11.0. The van der Waals surface area contributed by atoms with Crippen molar-refractivity contribution in [1.82, 2.24) is 14.8 Å². The number of benzene rings is 2. The first kappa shape index (κ1) is 15.6. The molecule has 0 spiro atoms. The van der Waals surface area contributed by atoms with Crippen LogP contribution in [0.2, 0.25) is 5.02 Å². The second kappa shape index (κ2) is 6.18. The third-order valence-corrected chi connectivity index (χ3v) is 4.09. The van der Waals surface area contributed by atoms with Crippen LogP contribution in [-0.2, 0) is 0 Å². The number of aromatic nitrogens is 3. The Labute approximate surface area is 148 Å². The summed E-state index contributed by atoms with van der Waals surface area (Å²) in [5, 5.41) is 9.45. The van der Waals surface area contributed by atoms with Gasteiger partial charge in [-0.05, 0) is 55.5 Å². The molecule has 0 saturated heterocycles. The summed E-state index contributed by atoms with van der Waals surface area (Å²) in [6.45, 7) is 1.92. The molecule has 4 rings (SSSR count). The molecule has 6 heteroatoms. The van der Waals surface area contributed by atoms with E-state index in [9.17, 15) is 4.39 Å². The summed E-state index contributed by atoms with van der Waals surface area (Å²) in [6.07, 6.45) is 1.73. The van der Waals surface area contributed by atoms with E-state index in [0.717, 1.165) is 33.8 Å². The molecule has 0 bridgehead atoms. The second-order valence-corrected chi connectivity index (χ2v) is 6.14. The van der Waals surface area contributed by atoms with Crippen LogP contribution in [0.5, 0.6) is 0 Å². The highest BCUT2D eigenvalue weighted by atomic mass is 35.5. The van der Waals surface area contributed by atoms with Crippen molar-refractivity contribution in [1.29, 1.82) is 0 Å². The topological polar surface area (TPSA) is 42.7 Å². The summed E-state index contributed by atoms with van der Waals surface area (Å²) in [5.41, 5.74) is 3.33. The summed E-state index contributed by atoms with van der Waals surface area (Å²) in [7, 11) is 0. The fourth-order valence-corrected chi connectivity index (χ4v) is 2.91. The summed E-state index contributed by atoms with van der Waals surface area (Å²) in [6, 6.07) is 15.6. The fraction of sp³-hybridized carbons (Fsp3) is 0.0526. The lowest BCUT2D eigenvalue weighted by molar-refractivity contribution is 0.628. The van der Waals surface area contributed by atoms with Gasteiger partial charge >= 0.3 is 0 Å². The van der Waals surface area contributed by atoms with E-state index in [2.05, 4.69) is 15.4 Å². The number of rotatable bonds is 3. The predicted octanol–water partition coefficient (Wildman–Crippen LogP) is 5.27. The van der Waals surface area contributed by atoms with Crippen molar-refractivity contribution in [2.24, 2.45) is 0 Å². The zero-order valence-corrected chi connectivity index (χ0v) is 14.1. The monoisotopic (exact) mass is 352 g/mol. The Bertz CT molecular complexity index is 1060. The minimum Gasteiger partial charge on any atom is -0.340 e. The van der Waals surface area contributed by atoms with Crippen molar-refractivity contribution in [3.8, 4) is 5.69 Å². The van der Waals surface area contributed by atoms with Crippen LogP contribution in [0.4, 0.5) is 15.9 Å². The third-order valence-electron chi connectivity index (χ3n) is 3.86. The lowest BCUT2D eigenvalue weighted by atomic mass is 10.2. The molecule has 4 nitrogen and oxygen atoms in total. The van der Waals surface area contributed by atoms with Gasteiger partial charge in [-0.15, -0.1) is 0 Å². The smallest absolute Gasteiger partial charge is 0.134 e. The van der Waals surface area contributed by atoms with Gasteiger partial charge in [0.2, 0.25) is 0 Å². The van der Waals surface area contributed by atoms with Gasteiger partial charge in [-0.25, -0.2) is 9.07 Å². The number of aryl methyl sites for hydroxylation is 1. The van der Waals surface area contributed by atoms with E-state index >= 15 is 0 Å². The molecule has 2 heterocycles. The van der Waals surface area contributed by atoms with Gasteiger partial charge in [0.15, 0.2) is 0 Å². The molecular weight excluding hydrogens is 339 g/mol. The lowest BCUT2D eigenvalue weighted by Crippen LogP contribution is -2.03. The Morgan fingerprint density at radius 3 is 2.64 bits per heavy atom. The second-order valence-electron chi connectivity index (χ2n) is 5.71. The molecule has 0 unspecified atom stereocenters. The van der Waals surface area contributed by atoms with E-state index in [0.29, 0.717) is 5.02 Å². The van der Waals surface area contributed by atoms with Crippen LogP contribution in [0.1, 0.15) is 5.69 Å². The molecule has 0 fully saturated rings. The molecule has 0 atom stereocenters. The van der Waals surface area contributed by atoms with Crippen LogP contribution >= 0.6 is 11.6 Å². The number of halogens is 2. The van der Waals surface area contributed by atoms with Crippen LogP contribution < -0.4 is 5.32 Å². The van der Waals surface area contributed by atoms with Gasteiger partial charge < -0.3 is 5.32 Å². The van der Waals surface area contributed by atoms with E-state index in [-0.39, 0.29) is 5.82 Å². The fourth-order valence-electron chi connectivity index (χ4n) is 2.74. The average molecular weight is 353 g/mol. The van der Waals surface area contributed by atoms with Gasteiger partial charge in [0.25, 0.3) is 0 Å². The van der Waals surface area contributed by atoms with E-state index < -0.39 is 0 Å². The van der Waals surface area contributed by atoms with E-state index in [4.69, 9.17) is 11.6 Å². The van der Waals surface area contributed by atoms with Crippen molar-refractivity contribution in [2.75, 3.05) is 5.32 Å². The number of nitrogens with zero attached hydrogens (tertiary/aromatic N) is 3. The lowest BCUT2D eigenvalue weighted by Gasteiger charge is -2.12. The first-order chi connectivity index (χ1) is 12.1. The largest absolute Gasteiger partial charge is 0.340 e. The van der Waals surface area contributed by atoms with Crippen molar-refractivity contribution >= 4 is 34.0 Å². The van der Waals surface area contributed by atoms with Crippen LogP contribution in [0.25, 0.3) is 16.6 Å². The molecule has 0 aliphatic heterocycles. The maximum absolute atomic E-state index is 13.1. The van der Waals surface area contributed by atoms with E-state index in [1.165, 1.54) is 12.1 Å². The van der Waals surface area contributed by atoms with Crippen molar-refractivity contribution in [2.45, 2.75) is 6.92 Å². The van der Waals surface area contributed by atoms with Crippen LogP contribution in [0, 0.1) is 12.7 Å². The van der Waals surface area contributed by atoms with Gasteiger partial charge in [0.1, 0.15) is 11.6 Å². The maximum Gasteiger partial charge on any atom is 0.134 e. The molecule has 124 valence electrons. The predicted molar refractivity (Wildman–Crippen MR) is 98.3 cm³/mol. The van der Waals surface area contributed by atoms with Gasteiger partial charge in [-0.2, -0.15) is 5.10 Å². The van der Waals surface area contributed by atoms with E-state index in [1.54, 1.807) is 18.3 Å². The van der Waals surface area contributed by atoms with Crippen LogP contribution in [-0.4, -0.2) is 14.8 Å².